The van der Waals surface area contributed by atoms with E-state index in [4.69, 9.17) is 14.2 Å². The summed E-state index contributed by atoms with van der Waals surface area (Å²) in [6.07, 6.45) is 62.1. The van der Waals surface area contributed by atoms with E-state index in [-0.39, 0.29) is 37.5 Å². The van der Waals surface area contributed by atoms with Crippen LogP contribution in [0.1, 0.15) is 258 Å². The fourth-order valence-electron chi connectivity index (χ4n) is 7.47. The zero-order valence-corrected chi connectivity index (χ0v) is 40.9. The van der Waals surface area contributed by atoms with Crippen LogP contribution >= 0.6 is 0 Å². The van der Waals surface area contributed by atoms with Crippen molar-refractivity contribution >= 4 is 17.9 Å². The van der Waals surface area contributed by atoms with Crippen molar-refractivity contribution < 1.29 is 28.6 Å². The van der Waals surface area contributed by atoms with Crippen molar-refractivity contribution in [1.82, 2.24) is 0 Å². The van der Waals surface area contributed by atoms with Gasteiger partial charge in [0.15, 0.2) is 6.10 Å². The van der Waals surface area contributed by atoms with Crippen LogP contribution in [-0.4, -0.2) is 37.2 Å². The topological polar surface area (TPSA) is 78.9 Å². The fraction of sp³-hybridized carbons (Fsp3) is 0.768. The average molecular weight is 867 g/mol. The Hall–Kier alpha value is -2.89. The summed E-state index contributed by atoms with van der Waals surface area (Å²) in [5, 5.41) is 0. The average Bonchev–Trinajstić information content (AvgIpc) is 3.27. The molecule has 0 bridgehead atoms. The van der Waals surface area contributed by atoms with Crippen LogP contribution in [0.4, 0.5) is 0 Å². The minimum atomic E-state index is -0.798. The minimum Gasteiger partial charge on any atom is -0.462 e. The number of carbonyl (C=O) groups is 3. The Morgan fingerprint density at radius 1 is 0.339 bits per heavy atom. The van der Waals surface area contributed by atoms with E-state index >= 15 is 0 Å². The van der Waals surface area contributed by atoms with Gasteiger partial charge in [-0.15, -0.1) is 0 Å². The normalized spacial score (nSPS) is 12.5. The molecule has 1 unspecified atom stereocenters. The second-order valence-corrected chi connectivity index (χ2v) is 17.5. The highest BCUT2D eigenvalue weighted by Crippen LogP contribution is 2.16. The molecule has 0 saturated heterocycles. The molecule has 0 N–H and O–H groups in total. The maximum atomic E-state index is 12.8. The standard InChI is InChI=1S/C56H98O6/c1-4-7-10-13-16-19-22-25-27-29-31-34-37-40-43-46-49-55(58)61-52-53(51-60-54(57)48-45-42-39-36-33-30-24-21-18-15-12-9-6-3)62-56(59)50-47-44-41-38-35-32-28-26-23-20-17-14-11-8-5-2/h9,12,15,18,21,24,30,33,36,39,53H,4-8,10-11,13-14,16-17,19-20,22-23,25-29,31-32,34-35,37-38,40-52H2,1-3H3/b12-9+,18-15+,24-21+,33-30+,39-36+. The summed E-state index contributed by atoms with van der Waals surface area (Å²) < 4.78 is 16.7. The van der Waals surface area contributed by atoms with E-state index in [1.807, 2.05) is 54.7 Å². The number of rotatable bonds is 47. The predicted molar refractivity (Wildman–Crippen MR) is 265 cm³/mol. The van der Waals surface area contributed by atoms with E-state index in [9.17, 15) is 14.4 Å². The lowest BCUT2D eigenvalue weighted by Crippen LogP contribution is -2.30. The molecular formula is C56H98O6. The lowest BCUT2D eigenvalue weighted by atomic mass is 10.0. The molecule has 6 nitrogen and oxygen atoms in total. The summed E-state index contributed by atoms with van der Waals surface area (Å²) in [7, 11) is 0. The molecule has 0 aliphatic carbocycles. The molecule has 0 heterocycles. The maximum Gasteiger partial charge on any atom is 0.306 e. The first-order valence-corrected chi connectivity index (χ1v) is 26.4. The highest BCUT2D eigenvalue weighted by Gasteiger charge is 2.19. The molecule has 1 atom stereocenters. The van der Waals surface area contributed by atoms with Crippen LogP contribution in [0.2, 0.25) is 0 Å². The third kappa shape index (κ3) is 48.1. The largest absolute Gasteiger partial charge is 0.462 e. The van der Waals surface area contributed by atoms with Crippen molar-refractivity contribution in [2.45, 2.75) is 264 Å². The van der Waals surface area contributed by atoms with Gasteiger partial charge < -0.3 is 14.2 Å². The van der Waals surface area contributed by atoms with Gasteiger partial charge in [-0.2, -0.15) is 0 Å². The van der Waals surface area contributed by atoms with E-state index in [1.165, 1.54) is 161 Å². The Bertz CT molecular complexity index is 1130. The molecule has 358 valence electrons. The number of hydrogen-bond donors (Lipinski definition) is 0. The van der Waals surface area contributed by atoms with Gasteiger partial charge in [-0.3, -0.25) is 14.4 Å². The highest BCUT2D eigenvalue weighted by atomic mass is 16.6. The van der Waals surface area contributed by atoms with Crippen molar-refractivity contribution in [1.29, 1.82) is 0 Å². The van der Waals surface area contributed by atoms with Crippen LogP contribution in [0, 0.1) is 0 Å². The number of allylic oxidation sites excluding steroid dienone is 10. The van der Waals surface area contributed by atoms with Crippen molar-refractivity contribution in [2.24, 2.45) is 0 Å². The van der Waals surface area contributed by atoms with Crippen molar-refractivity contribution in [3.05, 3.63) is 60.8 Å². The molecule has 0 aromatic rings. The van der Waals surface area contributed by atoms with Crippen molar-refractivity contribution in [2.75, 3.05) is 13.2 Å². The Balaban J connectivity index is 4.42. The van der Waals surface area contributed by atoms with Gasteiger partial charge in [0.2, 0.25) is 0 Å². The summed E-state index contributed by atoms with van der Waals surface area (Å²) in [5.74, 6) is -0.960. The molecule has 0 spiro atoms. The van der Waals surface area contributed by atoms with Crippen LogP contribution in [0.3, 0.4) is 0 Å². The first-order valence-electron chi connectivity index (χ1n) is 26.4. The van der Waals surface area contributed by atoms with E-state index < -0.39 is 6.10 Å². The van der Waals surface area contributed by atoms with Crippen LogP contribution < -0.4 is 0 Å². The molecule has 0 aliphatic heterocycles. The quantitative estimate of drug-likeness (QED) is 0.0262. The van der Waals surface area contributed by atoms with Gasteiger partial charge in [0.25, 0.3) is 0 Å². The Labute approximate surface area is 383 Å². The van der Waals surface area contributed by atoms with Gasteiger partial charge in [0, 0.05) is 19.3 Å². The summed E-state index contributed by atoms with van der Waals surface area (Å²) in [4.78, 5) is 38.0. The van der Waals surface area contributed by atoms with Gasteiger partial charge in [-0.25, -0.2) is 0 Å². The van der Waals surface area contributed by atoms with Crippen molar-refractivity contribution in [3.63, 3.8) is 0 Å². The molecule has 0 amide bonds. The molecule has 0 rings (SSSR count). The van der Waals surface area contributed by atoms with E-state index in [1.54, 1.807) is 0 Å². The summed E-state index contributed by atoms with van der Waals surface area (Å²) in [5.41, 5.74) is 0. The number of esters is 3. The summed E-state index contributed by atoms with van der Waals surface area (Å²) in [6, 6.07) is 0. The third-order valence-corrected chi connectivity index (χ3v) is 11.4. The number of hydrogen-bond acceptors (Lipinski definition) is 6. The molecular weight excluding hydrogens is 769 g/mol. The number of carbonyl (C=O) groups excluding carboxylic acids is 3. The maximum absolute atomic E-state index is 12.8. The van der Waals surface area contributed by atoms with Gasteiger partial charge >= 0.3 is 17.9 Å². The fourth-order valence-corrected chi connectivity index (χ4v) is 7.47. The van der Waals surface area contributed by atoms with Crippen LogP contribution in [0.25, 0.3) is 0 Å². The molecule has 6 heteroatoms. The van der Waals surface area contributed by atoms with Crippen LogP contribution in [-0.2, 0) is 28.6 Å². The molecule has 0 aromatic carbocycles. The summed E-state index contributed by atoms with van der Waals surface area (Å²) >= 11 is 0. The minimum absolute atomic E-state index is 0.0929. The zero-order chi connectivity index (χ0) is 45.1. The van der Waals surface area contributed by atoms with Crippen LogP contribution in [0.5, 0.6) is 0 Å². The monoisotopic (exact) mass is 867 g/mol. The lowest BCUT2D eigenvalue weighted by Gasteiger charge is -2.18. The van der Waals surface area contributed by atoms with E-state index in [0.717, 1.165) is 51.4 Å². The van der Waals surface area contributed by atoms with Crippen LogP contribution in [0.15, 0.2) is 60.8 Å². The molecule has 0 fully saturated rings. The molecule has 0 aliphatic rings. The third-order valence-electron chi connectivity index (χ3n) is 11.4. The highest BCUT2D eigenvalue weighted by molar-refractivity contribution is 5.71. The summed E-state index contributed by atoms with van der Waals surface area (Å²) in [6.45, 7) is 6.45. The number of unbranched alkanes of at least 4 members (excludes halogenated alkanes) is 30. The first kappa shape index (κ1) is 59.1. The second-order valence-electron chi connectivity index (χ2n) is 17.5. The molecule has 0 aromatic heterocycles. The lowest BCUT2D eigenvalue weighted by molar-refractivity contribution is -0.167. The molecule has 62 heavy (non-hydrogen) atoms. The molecule has 0 radical (unpaired) electrons. The van der Waals surface area contributed by atoms with Gasteiger partial charge in [-0.1, -0.05) is 268 Å². The van der Waals surface area contributed by atoms with Gasteiger partial charge in [-0.05, 0) is 32.1 Å². The van der Waals surface area contributed by atoms with Crippen molar-refractivity contribution in [3.8, 4) is 0 Å². The second kappa shape index (κ2) is 50.8. The number of ether oxygens (including phenoxy) is 3. The Morgan fingerprint density at radius 3 is 0.984 bits per heavy atom. The first-order chi connectivity index (χ1) is 30.5. The zero-order valence-electron chi connectivity index (χ0n) is 40.9. The molecule has 0 saturated carbocycles. The SMILES string of the molecule is CC/C=C/C=C/C=C/C=C/C=C/CCCC(=O)OCC(COC(=O)CCCCCCCCCCCCCCCCCC)OC(=O)CCCCCCCCCCCCCCCCC. The van der Waals surface area contributed by atoms with Gasteiger partial charge in [0.1, 0.15) is 13.2 Å². The smallest absolute Gasteiger partial charge is 0.306 e. The predicted octanol–water partition coefficient (Wildman–Crippen LogP) is 17.3. The Kier molecular flexibility index (Phi) is 48.4. The van der Waals surface area contributed by atoms with E-state index in [2.05, 4.69) is 26.8 Å². The Morgan fingerprint density at radius 2 is 0.629 bits per heavy atom. The van der Waals surface area contributed by atoms with E-state index in [0.29, 0.717) is 19.3 Å². The van der Waals surface area contributed by atoms with Gasteiger partial charge in [0.05, 0.1) is 0 Å².